The van der Waals surface area contributed by atoms with Crippen LogP contribution in [0.15, 0.2) is 4.42 Å². The van der Waals surface area contributed by atoms with Gasteiger partial charge in [-0.05, 0) is 19.8 Å². The zero-order chi connectivity index (χ0) is 13.3. The molecule has 1 aliphatic heterocycles. The number of rotatable bonds is 2. The van der Waals surface area contributed by atoms with Gasteiger partial charge >= 0.3 is 5.97 Å². The monoisotopic (exact) mass is 252 g/mol. The number of aryl methyl sites for hydroxylation is 2. The van der Waals surface area contributed by atoms with Crippen molar-refractivity contribution in [3.8, 4) is 0 Å². The van der Waals surface area contributed by atoms with Gasteiger partial charge in [0.2, 0.25) is 5.76 Å². The first-order valence-corrected chi connectivity index (χ1v) is 5.95. The average molecular weight is 252 g/mol. The average Bonchev–Trinajstić information content (AvgIpc) is 2.67. The Morgan fingerprint density at radius 3 is 2.72 bits per heavy atom. The summed E-state index contributed by atoms with van der Waals surface area (Å²) in [5.74, 6) is -0.926. The summed E-state index contributed by atoms with van der Waals surface area (Å²) >= 11 is 0. The van der Waals surface area contributed by atoms with E-state index in [9.17, 15) is 9.59 Å². The van der Waals surface area contributed by atoms with Gasteiger partial charge in [0.1, 0.15) is 0 Å². The smallest absolute Gasteiger partial charge is 0.308 e. The van der Waals surface area contributed by atoms with Gasteiger partial charge in [0.25, 0.3) is 5.91 Å². The van der Waals surface area contributed by atoms with E-state index in [1.807, 2.05) is 0 Å². The topological polar surface area (TPSA) is 83.6 Å². The van der Waals surface area contributed by atoms with Crippen molar-refractivity contribution in [3.63, 3.8) is 0 Å². The van der Waals surface area contributed by atoms with Gasteiger partial charge in [-0.3, -0.25) is 9.59 Å². The highest BCUT2D eigenvalue weighted by molar-refractivity contribution is 5.92. The number of nitrogens with zero attached hydrogens (tertiary/aromatic N) is 2. The summed E-state index contributed by atoms with van der Waals surface area (Å²) in [6.07, 6.45) is 1.32. The minimum atomic E-state index is -0.849. The fourth-order valence-electron chi connectivity index (χ4n) is 2.24. The fourth-order valence-corrected chi connectivity index (χ4v) is 2.24. The molecule has 2 heterocycles. The van der Waals surface area contributed by atoms with Crippen LogP contribution in [0.4, 0.5) is 0 Å². The largest absolute Gasteiger partial charge is 0.481 e. The molecule has 1 fully saturated rings. The molecular formula is C12H16N2O4. The number of likely N-dealkylation sites (tertiary alicyclic amines) is 1. The molecule has 0 spiro atoms. The summed E-state index contributed by atoms with van der Waals surface area (Å²) in [6.45, 7) is 4.21. The van der Waals surface area contributed by atoms with Gasteiger partial charge in [0, 0.05) is 20.0 Å². The van der Waals surface area contributed by atoms with E-state index < -0.39 is 11.9 Å². The van der Waals surface area contributed by atoms with Crippen molar-refractivity contribution in [2.45, 2.75) is 26.7 Å². The van der Waals surface area contributed by atoms with Gasteiger partial charge in [-0.1, -0.05) is 0 Å². The number of oxazole rings is 1. The van der Waals surface area contributed by atoms with Gasteiger partial charge in [-0.2, -0.15) is 0 Å². The van der Waals surface area contributed by atoms with Crippen molar-refractivity contribution < 1.29 is 19.1 Å². The number of carboxylic acids is 1. The molecule has 1 aliphatic rings. The molecule has 1 atom stereocenters. The quantitative estimate of drug-likeness (QED) is 0.855. The molecule has 0 bridgehead atoms. The van der Waals surface area contributed by atoms with Gasteiger partial charge in [0.05, 0.1) is 11.6 Å². The number of carboxylic acid groups (broad SMARTS) is 1. The van der Waals surface area contributed by atoms with Crippen LogP contribution in [0.1, 0.15) is 35.0 Å². The first kappa shape index (κ1) is 12.6. The van der Waals surface area contributed by atoms with Crippen molar-refractivity contribution in [1.82, 2.24) is 9.88 Å². The first-order valence-electron chi connectivity index (χ1n) is 5.95. The van der Waals surface area contributed by atoms with Crippen LogP contribution in [0.3, 0.4) is 0 Å². The van der Waals surface area contributed by atoms with E-state index in [2.05, 4.69) is 4.98 Å². The fraction of sp³-hybridized carbons (Fsp3) is 0.583. The highest BCUT2D eigenvalue weighted by atomic mass is 16.4. The number of carbonyl (C=O) groups is 2. The van der Waals surface area contributed by atoms with Crippen molar-refractivity contribution in [2.75, 3.05) is 13.1 Å². The Balaban J connectivity index is 2.14. The first-order chi connectivity index (χ1) is 8.49. The molecule has 2 rings (SSSR count). The van der Waals surface area contributed by atoms with Gasteiger partial charge in [-0.15, -0.1) is 0 Å². The van der Waals surface area contributed by atoms with Crippen LogP contribution in [-0.4, -0.2) is 40.0 Å². The molecule has 0 aromatic carbocycles. The van der Waals surface area contributed by atoms with Gasteiger partial charge < -0.3 is 14.4 Å². The summed E-state index contributed by atoms with van der Waals surface area (Å²) in [5, 5.41) is 8.99. The number of hydrogen-bond donors (Lipinski definition) is 1. The van der Waals surface area contributed by atoms with Crippen molar-refractivity contribution in [3.05, 3.63) is 17.3 Å². The summed E-state index contributed by atoms with van der Waals surface area (Å²) in [4.78, 5) is 28.7. The number of hydrogen-bond acceptors (Lipinski definition) is 4. The molecule has 1 amide bonds. The van der Waals surface area contributed by atoms with Crippen LogP contribution in [0.5, 0.6) is 0 Å². The van der Waals surface area contributed by atoms with E-state index in [0.717, 1.165) is 0 Å². The minimum Gasteiger partial charge on any atom is -0.481 e. The zero-order valence-corrected chi connectivity index (χ0v) is 10.5. The number of amides is 1. The van der Waals surface area contributed by atoms with E-state index >= 15 is 0 Å². The Kier molecular flexibility index (Phi) is 3.36. The SMILES string of the molecule is Cc1nc(C)c(C(=O)N2CCC[C@H](C(=O)O)C2)o1. The highest BCUT2D eigenvalue weighted by Crippen LogP contribution is 2.20. The van der Waals surface area contributed by atoms with Crippen LogP contribution < -0.4 is 0 Å². The Labute approximate surface area is 105 Å². The lowest BCUT2D eigenvalue weighted by Crippen LogP contribution is -2.42. The molecule has 98 valence electrons. The van der Waals surface area contributed by atoms with Crippen LogP contribution in [-0.2, 0) is 4.79 Å². The van der Waals surface area contributed by atoms with Gasteiger partial charge in [-0.25, -0.2) is 4.98 Å². The Morgan fingerprint density at radius 2 is 2.17 bits per heavy atom. The van der Waals surface area contributed by atoms with Crippen LogP contribution in [0, 0.1) is 19.8 Å². The lowest BCUT2D eigenvalue weighted by Gasteiger charge is -2.30. The van der Waals surface area contributed by atoms with E-state index in [1.165, 1.54) is 4.90 Å². The normalized spacial score (nSPS) is 19.9. The maximum Gasteiger partial charge on any atom is 0.308 e. The Morgan fingerprint density at radius 1 is 1.44 bits per heavy atom. The molecule has 1 aromatic heterocycles. The van der Waals surface area contributed by atoms with Crippen molar-refractivity contribution in [2.24, 2.45) is 5.92 Å². The maximum atomic E-state index is 12.2. The maximum absolute atomic E-state index is 12.2. The third-order valence-electron chi connectivity index (χ3n) is 3.16. The zero-order valence-electron chi connectivity index (χ0n) is 10.5. The summed E-state index contributed by atoms with van der Waals surface area (Å²) in [5.41, 5.74) is 0.551. The molecule has 18 heavy (non-hydrogen) atoms. The molecule has 6 heteroatoms. The standard InChI is InChI=1S/C12H16N2O4/c1-7-10(18-8(2)13-7)11(15)14-5-3-4-9(6-14)12(16)17/h9H,3-6H2,1-2H3,(H,16,17)/t9-/m0/s1. The molecule has 1 saturated heterocycles. The second-order valence-corrected chi connectivity index (χ2v) is 4.58. The summed E-state index contributed by atoms with van der Waals surface area (Å²) in [7, 11) is 0. The van der Waals surface area contributed by atoms with Crippen LogP contribution in [0.2, 0.25) is 0 Å². The lowest BCUT2D eigenvalue weighted by molar-refractivity contribution is -0.143. The third kappa shape index (κ3) is 2.37. The number of piperidine rings is 1. The Bertz CT molecular complexity index is 480. The van der Waals surface area contributed by atoms with Crippen LogP contribution in [0.25, 0.3) is 0 Å². The second kappa shape index (κ2) is 4.80. The van der Waals surface area contributed by atoms with Crippen LogP contribution >= 0.6 is 0 Å². The molecule has 0 saturated carbocycles. The molecule has 1 N–H and O–H groups in total. The highest BCUT2D eigenvalue weighted by Gasteiger charge is 2.30. The van der Waals surface area contributed by atoms with E-state index in [0.29, 0.717) is 31.0 Å². The van der Waals surface area contributed by atoms with E-state index in [1.54, 1.807) is 13.8 Å². The van der Waals surface area contributed by atoms with Crippen molar-refractivity contribution >= 4 is 11.9 Å². The minimum absolute atomic E-state index is 0.221. The lowest BCUT2D eigenvalue weighted by atomic mass is 9.98. The summed E-state index contributed by atoms with van der Waals surface area (Å²) < 4.78 is 5.28. The summed E-state index contributed by atoms with van der Waals surface area (Å²) in [6, 6.07) is 0. The number of carbonyl (C=O) groups excluding carboxylic acids is 1. The Hall–Kier alpha value is -1.85. The molecule has 0 aliphatic carbocycles. The molecule has 6 nitrogen and oxygen atoms in total. The molecular weight excluding hydrogens is 236 g/mol. The second-order valence-electron chi connectivity index (χ2n) is 4.58. The number of aromatic nitrogens is 1. The number of aliphatic carboxylic acids is 1. The molecule has 0 radical (unpaired) electrons. The molecule has 0 unspecified atom stereocenters. The predicted molar refractivity (Wildman–Crippen MR) is 62.2 cm³/mol. The molecule has 1 aromatic rings. The van der Waals surface area contributed by atoms with E-state index in [-0.39, 0.29) is 18.2 Å². The van der Waals surface area contributed by atoms with Gasteiger partial charge in [0.15, 0.2) is 5.89 Å². The predicted octanol–water partition coefficient (Wildman–Crippen LogP) is 1.23. The van der Waals surface area contributed by atoms with E-state index in [4.69, 9.17) is 9.52 Å². The van der Waals surface area contributed by atoms with Crippen molar-refractivity contribution in [1.29, 1.82) is 0 Å². The third-order valence-corrected chi connectivity index (χ3v) is 3.16.